The van der Waals surface area contributed by atoms with Gasteiger partial charge in [0.15, 0.2) is 0 Å². The van der Waals surface area contributed by atoms with Crippen LogP contribution in [0.3, 0.4) is 0 Å². The SMILES string of the molecule is CC(C)(C)N1CC2CC(C1)N2Cc1ccc(Cl)nc1. The lowest BCUT2D eigenvalue weighted by Gasteiger charge is -2.59. The standard InChI is InChI=1S/C15H22ClN3/c1-15(2,3)18-9-12-6-13(10-18)19(12)8-11-4-5-14(16)17-7-11/h4-5,7,12-13H,6,8-10H2,1-3H3. The van der Waals surface area contributed by atoms with Crippen molar-refractivity contribution in [3.63, 3.8) is 0 Å². The van der Waals surface area contributed by atoms with Crippen LogP contribution in [0.25, 0.3) is 0 Å². The van der Waals surface area contributed by atoms with Gasteiger partial charge in [-0.3, -0.25) is 9.80 Å². The van der Waals surface area contributed by atoms with E-state index < -0.39 is 0 Å². The van der Waals surface area contributed by atoms with Gasteiger partial charge < -0.3 is 0 Å². The molecule has 3 aliphatic rings. The number of halogens is 1. The molecule has 3 nitrogen and oxygen atoms in total. The first-order valence-electron chi connectivity index (χ1n) is 7.05. The van der Waals surface area contributed by atoms with Gasteiger partial charge in [0.05, 0.1) is 0 Å². The molecule has 0 amide bonds. The van der Waals surface area contributed by atoms with Crippen LogP contribution in [0.5, 0.6) is 0 Å². The molecule has 3 fully saturated rings. The zero-order chi connectivity index (χ0) is 13.6. The smallest absolute Gasteiger partial charge is 0.129 e. The molecule has 104 valence electrons. The summed E-state index contributed by atoms with van der Waals surface area (Å²) in [5.74, 6) is 0. The molecular weight excluding hydrogens is 258 g/mol. The number of aromatic nitrogens is 1. The molecule has 0 spiro atoms. The maximum absolute atomic E-state index is 5.83. The normalized spacial score (nSPS) is 28.2. The first-order valence-corrected chi connectivity index (χ1v) is 7.42. The van der Waals surface area contributed by atoms with Gasteiger partial charge >= 0.3 is 0 Å². The van der Waals surface area contributed by atoms with Crippen molar-refractivity contribution in [3.05, 3.63) is 29.0 Å². The van der Waals surface area contributed by atoms with Gasteiger partial charge in [-0.05, 0) is 38.8 Å². The van der Waals surface area contributed by atoms with Crippen LogP contribution in [0, 0.1) is 0 Å². The van der Waals surface area contributed by atoms with Crippen molar-refractivity contribution in [3.8, 4) is 0 Å². The molecule has 4 rings (SSSR count). The number of nitrogens with zero attached hydrogens (tertiary/aromatic N) is 3. The largest absolute Gasteiger partial charge is 0.295 e. The van der Waals surface area contributed by atoms with E-state index in [1.807, 2.05) is 12.3 Å². The Kier molecular flexibility index (Phi) is 3.32. The minimum Gasteiger partial charge on any atom is -0.295 e. The first-order chi connectivity index (χ1) is 8.93. The Hall–Kier alpha value is -0.640. The Morgan fingerprint density at radius 1 is 1.26 bits per heavy atom. The number of rotatable bonds is 2. The number of piperazine rings is 1. The molecule has 0 aliphatic carbocycles. The van der Waals surface area contributed by atoms with Crippen LogP contribution in [0.1, 0.15) is 32.8 Å². The van der Waals surface area contributed by atoms with Crippen LogP contribution in [0.2, 0.25) is 5.15 Å². The predicted octanol–water partition coefficient (Wildman–Crippen LogP) is 2.79. The van der Waals surface area contributed by atoms with Crippen molar-refractivity contribution in [2.75, 3.05) is 13.1 Å². The van der Waals surface area contributed by atoms with Gasteiger partial charge in [0, 0.05) is 43.5 Å². The average molecular weight is 280 g/mol. The van der Waals surface area contributed by atoms with E-state index in [1.165, 1.54) is 25.1 Å². The van der Waals surface area contributed by atoms with Crippen LogP contribution in [0.15, 0.2) is 18.3 Å². The zero-order valence-corrected chi connectivity index (χ0v) is 12.7. The molecule has 2 unspecified atom stereocenters. The van der Waals surface area contributed by atoms with E-state index >= 15 is 0 Å². The monoisotopic (exact) mass is 279 g/mol. The maximum atomic E-state index is 5.83. The fraction of sp³-hybridized carbons (Fsp3) is 0.667. The number of hydrogen-bond donors (Lipinski definition) is 0. The molecule has 0 aromatic carbocycles. The Bertz CT molecular complexity index is 439. The summed E-state index contributed by atoms with van der Waals surface area (Å²) in [5, 5.41) is 0.575. The van der Waals surface area contributed by atoms with Gasteiger partial charge in [-0.25, -0.2) is 4.98 Å². The van der Waals surface area contributed by atoms with Gasteiger partial charge in [0.1, 0.15) is 5.15 Å². The lowest BCUT2D eigenvalue weighted by Crippen LogP contribution is -2.70. The highest BCUT2D eigenvalue weighted by Gasteiger charge is 2.46. The fourth-order valence-corrected chi connectivity index (χ4v) is 3.32. The summed E-state index contributed by atoms with van der Waals surface area (Å²) in [4.78, 5) is 9.40. The quantitative estimate of drug-likeness (QED) is 0.776. The van der Waals surface area contributed by atoms with Gasteiger partial charge in [-0.1, -0.05) is 17.7 Å². The summed E-state index contributed by atoms with van der Waals surface area (Å²) in [6, 6.07) is 5.40. The lowest BCUT2D eigenvalue weighted by atomic mass is 9.84. The van der Waals surface area contributed by atoms with Crippen molar-refractivity contribution in [1.29, 1.82) is 0 Å². The highest BCUT2D eigenvalue weighted by molar-refractivity contribution is 6.29. The summed E-state index contributed by atoms with van der Waals surface area (Å²) in [7, 11) is 0. The number of pyridine rings is 1. The Balaban J connectivity index is 1.63. The van der Waals surface area contributed by atoms with Crippen LogP contribution < -0.4 is 0 Å². The van der Waals surface area contributed by atoms with Gasteiger partial charge in [-0.2, -0.15) is 0 Å². The molecular formula is C15H22ClN3. The average Bonchev–Trinajstić information content (AvgIpc) is 2.37. The third-order valence-electron chi connectivity index (χ3n) is 4.45. The molecule has 0 saturated carbocycles. The summed E-state index contributed by atoms with van der Waals surface area (Å²) >= 11 is 5.83. The van der Waals surface area contributed by atoms with Gasteiger partial charge in [-0.15, -0.1) is 0 Å². The second kappa shape index (κ2) is 4.72. The molecule has 1 aromatic heterocycles. The Labute approximate surface area is 120 Å². The predicted molar refractivity (Wildman–Crippen MR) is 78.3 cm³/mol. The third kappa shape index (κ3) is 2.64. The van der Waals surface area contributed by atoms with Crippen LogP contribution in [-0.4, -0.2) is 45.5 Å². The van der Waals surface area contributed by atoms with Crippen LogP contribution >= 0.6 is 11.6 Å². The van der Waals surface area contributed by atoms with Crippen molar-refractivity contribution in [1.82, 2.24) is 14.8 Å². The zero-order valence-electron chi connectivity index (χ0n) is 11.9. The van der Waals surface area contributed by atoms with Crippen molar-refractivity contribution in [2.45, 2.75) is 51.4 Å². The number of fused-ring (bicyclic) bond motifs is 2. The molecule has 0 radical (unpaired) electrons. The Morgan fingerprint density at radius 3 is 2.47 bits per heavy atom. The second-order valence-corrected chi connectivity index (χ2v) is 7.17. The first kappa shape index (κ1) is 13.3. The molecule has 2 atom stereocenters. The topological polar surface area (TPSA) is 19.4 Å². The summed E-state index contributed by atoms with van der Waals surface area (Å²) in [5.41, 5.74) is 1.56. The minimum absolute atomic E-state index is 0.296. The van der Waals surface area contributed by atoms with Crippen molar-refractivity contribution < 1.29 is 0 Å². The summed E-state index contributed by atoms with van der Waals surface area (Å²) in [6.45, 7) is 10.3. The minimum atomic E-state index is 0.296. The van der Waals surface area contributed by atoms with E-state index in [9.17, 15) is 0 Å². The highest BCUT2D eigenvalue weighted by atomic mass is 35.5. The molecule has 0 N–H and O–H groups in total. The number of hydrogen-bond acceptors (Lipinski definition) is 3. The van der Waals surface area contributed by atoms with E-state index in [4.69, 9.17) is 11.6 Å². The fourth-order valence-electron chi connectivity index (χ4n) is 3.20. The van der Waals surface area contributed by atoms with Gasteiger partial charge in [0.25, 0.3) is 0 Å². The molecule has 2 bridgehead atoms. The summed E-state index contributed by atoms with van der Waals surface area (Å²) in [6.07, 6.45) is 3.26. The maximum Gasteiger partial charge on any atom is 0.129 e. The van der Waals surface area contributed by atoms with Crippen molar-refractivity contribution in [2.24, 2.45) is 0 Å². The van der Waals surface area contributed by atoms with Crippen molar-refractivity contribution >= 4 is 11.6 Å². The Morgan fingerprint density at radius 2 is 1.95 bits per heavy atom. The molecule has 4 heterocycles. The molecule has 1 aromatic rings. The third-order valence-corrected chi connectivity index (χ3v) is 4.67. The lowest BCUT2D eigenvalue weighted by molar-refractivity contribution is -0.0997. The van der Waals surface area contributed by atoms with E-state index in [2.05, 4.69) is 41.6 Å². The van der Waals surface area contributed by atoms with Gasteiger partial charge in [0.2, 0.25) is 0 Å². The second-order valence-electron chi connectivity index (χ2n) is 6.78. The van der Waals surface area contributed by atoms with Crippen LogP contribution in [0.4, 0.5) is 0 Å². The van der Waals surface area contributed by atoms with E-state index in [0.717, 1.165) is 6.54 Å². The molecule has 4 heteroatoms. The van der Waals surface area contributed by atoms with E-state index in [0.29, 0.717) is 22.8 Å². The van der Waals surface area contributed by atoms with Crippen LogP contribution in [-0.2, 0) is 6.54 Å². The highest BCUT2D eigenvalue weighted by Crippen LogP contribution is 2.36. The van der Waals surface area contributed by atoms with E-state index in [1.54, 1.807) is 0 Å². The molecule has 3 aliphatic heterocycles. The number of piperidine rings is 1. The van der Waals surface area contributed by atoms with E-state index in [-0.39, 0.29) is 0 Å². The summed E-state index contributed by atoms with van der Waals surface area (Å²) < 4.78 is 0. The molecule has 3 saturated heterocycles. The molecule has 19 heavy (non-hydrogen) atoms.